The number of halogens is 2. The highest BCUT2D eigenvalue weighted by molar-refractivity contribution is 5.77. The van der Waals surface area contributed by atoms with Crippen LogP contribution in [0.3, 0.4) is 0 Å². The first-order chi connectivity index (χ1) is 12.9. The average molecular weight is 386 g/mol. The van der Waals surface area contributed by atoms with Crippen LogP contribution in [0, 0.1) is 11.8 Å². The Morgan fingerprint density at radius 3 is 2.85 bits per heavy atom. The molecule has 0 N–H and O–H groups in total. The highest BCUT2D eigenvalue weighted by atomic mass is 19.1. The van der Waals surface area contributed by atoms with Crippen LogP contribution in [0.4, 0.5) is 8.78 Å². The van der Waals surface area contributed by atoms with Crippen molar-refractivity contribution >= 4 is 5.97 Å². The van der Waals surface area contributed by atoms with E-state index in [0.717, 1.165) is 38.5 Å². The maximum Gasteiger partial charge on any atom is 0.341 e. The molecule has 2 heterocycles. The van der Waals surface area contributed by atoms with Crippen molar-refractivity contribution in [2.45, 2.75) is 95.6 Å². The maximum absolute atomic E-state index is 15.4. The van der Waals surface area contributed by atoms with Crippen LogP contribution in [0.5, 0.6) is 0 Å². The minimum absolute atomic E-state index is 0.128. The molecule has 2 saturated heterocycles. The highest BCUT2D eigenvalue weighted by Crippen LogP contribution is 2.43. The Kier molecular flexibility index (Phi) is 6.90. The van der Waals surface area contributed by atoms with Crippen LogP contribution in [-0.4, -0.2) is 42.9 Å². The topological polar surface area (TPSA) is 44.8 Å². The van der Waals surface area contributed by atoms with E-state index in [1.165, 1.54) is 0 Å². The number of rotatable bonds is 8. The van der Waals surface area contributed by atoms with E-state index in [1.54, 1.807) is 13.0 Å². The predicted octanol–water partition coefficient (Wildman–Crippen LogP) is 4.66. The third-order valence-corrected chi connectivity index (χ3v) is 6.12. The van der Waals surface area contributed by atoms with Gasteiger partial charge in [0.15, 0.2) is 6.29 Å². The second kappa shape index (κ2) is 8.99. The van der Waals surface area contributed by atoms with E-state index in [4.69, 9.17) is 14.2 Å². The maximum atomic E-state index is 15.4. The molecule has 1 aliphatic carbocycles. The molecule has 3 aliphatic rings. The molecule has 2 aliphatic heterocycles. The van der Waals surface area contributed by atoms with E-state index >= 15 is 4.39 Å². The van der Waals surface area contributed by atoms with Gasteiger partial charge in [-0.3, -0.25) is 0 Å². The van der Waals surface area contributed by atoms with Gasteiger partial charge in [0.25, 0.3) is 0 Å². The van der Waals surface area contributed by atoms with Crippen molar-refractivity contribution in [1.82, 2.24) is 0 Å². The van der Waals surface area contributed by atoms with Crippen LogP contribution in [0.15, 0.2) is 12.2 Å². The van der Waals surface area contributed by atoms with Gasteiger partial charge in [-0.1, -0.05) is 31.9 Å². The second-order valence-corrected chi connectivity index (χ2v) is 8.31. The van der Waals surface area contributed by atoms with Gasteiger partial charge in [-0.05, 0) is 51.4 Å². The fraction of sp³-hybridized carbons (Fsp3) is 0.857. The van der Waals surface area contributed by atoms with Crippen LogP contribution in [0.1, 0.15) is 65.2 Å². The van der Waals surface area contributed by atoms with Crippen LogP contribution in [0.2, 0.25) is 0 Å². The Labute approximate surface area is 160 Å². The van der Waals surface area contributed by atoms with E-state index in [2.05, 4.69) is 0 Å². The first kappa shape index (κ1) is 20.7. The van der Waals surface area contributed by atoms with Crippen molar-refractivity contribution in [3.8, 4) is 0 Å². The summed E-state index contributed by atoms with van der Waals surface area (Å²) in [5, 5.41) is 0. The van der Waals surface area contributed by atoms with Crippen LogP contribution >= 0.6 is 0 Å². The average Bonchev–Trinajstić information content (AvgIpc) is 3.17. The number of alkyl halides is 2. The third-order valence-electron chi connectivity index (χ3n) is 6.12. The van der Waals surface area contributed by atoms with Gasteiger partial charge in [-0.2, -0.15) is 0 Å². The smallest absolute Gasteiger partial charge is 0.341 e. The lowest BCUT2D eigenvalue weighted by Crippen LogP contribution is -2.40. The summed E-state index contributed by atoms with van der Waals surface area (Å²) in [5.74, 6) is -1.34. The molecular weight excluding hydrogens is 354 g/mol. The molecule has 27 heavy (non-hydrogen) atoms. The Balaban J connectivity index is 1.69. The van der Waals surface area contributed by atoms with Gasteiger partial charge in [-0.15, -0.1) is 0 Å². The van der Waals surface area contributed by atoms with Gasteiger partial charge in [0.2, 0.25) is 6.17 Å². The molecule has 0 amide bonds. The standard InChI is InChI=1S/C21H32F2O4/c1-3-4-12-21(2,23)16(27-17-7-5-6-13-25-17)11-9-14-8-10-15-18(14)19(22)20(24)26-15/h9,11,14-19H,3-8,10,12-13H2,1-2H3/t14-,15+,16?,17?,18-,19+,21?/m0/s1. The molecule has 3 fully saturated rings. The summed E-state index contributed by atoms with van der Waals surface area (Å²) in [6.45, 7) is 4.23. The molecule has 7 atom stereocenters. The van der Waals surface area contributed by atoms with Gasteiger partial charge < -0.3 is 14.2 Å². The molecule has 4 nitrogen and oxygen atoms in total. The summed E-state index contributed by atoms with van der Waals surface area (Å²) >= 11 is 0. The second-order valence-electron chi connectivity index (χ2n) is 8.31. The molecule has 0 spiro atoms. The van der Waals surface area contributed by atoms with E-state index in [1.807, 2.05) is 13.0 Å². The first-order valence-corrected chi connectivity index (χ1v) is 10.4. The molecule has 0 aromatic heterocycles. The molecule has 6 heteroatoms. The Hall–Kier alpha value is -1.01. The van der Waals surface area contributed by atoms with Crippen molar-refractivity contribution < 1.29 is 27.8 Å². The zero-order valence-corrected chi connectivity index (χ0v) is 16.4. The zero-order valence-electron chi connectivity index (χ0n) is 16.4. The van der Waals surface area contributed by atoms with E-state index < -0.39 is 36.1 Å². The number of allylic oxidation sites excluding steroid dienone is 1. The Morgan fingerprint density at radius 2 is 2.15 bits per heavy atom. The largest absolute Gasteiger partial charge is 0.460 e. The monoisotopic (exact) mass is 386 g/mol. The van der Waals surface area contributed by atoms with Gasteiger partial charge in [-0.25, -0.2) is 13.6 Å². The van der Waals surface area contributed by atoms with E-state index in [-0.39, 0.29) is 12.0 Å². The van der Waals surface area contributed by atoms with Crippen molar-refractivity contribution in [2.75, 3.05) is 6.61 Å². The van der Waals surface area contributed by atoms with Gasteiger partial charge in [0, 0.05) is 12.5 Å². The molecule has 0 aromatic carbocycles. The highest BCUT2D eigenvalue weighted by Gasteiger charge is 2.52. The summed E-state index contributed by atoms with van der Waals surface area (Å²) in [4.78, 5) is 11.5. The normalized spacial score (nSPS) is 37.2. The minimum atomic E-state index is -1.58. The lowest BCUT2D eigenvalue weighted by atomic mass is 9.89. The van der Waals surface area contributed by atoms with E-state index in [9.17, 15) is 9.18 Å². The molecule has 3 unspecified atom stereocenters. The molecule has 0 aromatic rings. The number of unbranched alkanes of at least 4 members (excludes halogenated alkanes) is 1. The van der Waals surface area contributed by atoms with Crippen molar-refractivity contribution in [3.63, 3.8) is 0 Å². The number of fused-ring (bicyclic) bond motifs is 1. The molecule has 0 radical (unpaired) electrons. The summed E-state index contributed by atoms with van der Waals surface area (Å²) in [5.41, 5.74) is -1.53. The number of ether oxygens (including phenoxy) is 3. The fourth-order valence-corrected chi connectivity index (χ4v) is 4.43. The summed E-state index contributed by atoms with van der Waals surface area (Å²) in [7, 11) is 0. The minimum Gasteiger partial charge on any atom is -0.460 e. The van der Waals surface area contributed by atoms with Gasteiger partial charge >= 0.3 is 5.97 Å². The van der Waals surface area contributed by atoms with E-state index in [0.29, 0.717) is 19.4 Å². The molecular formula is C21H32F2O4. The SMILES string of the molecule is CCCCC(C)(F)C(C=C[C@@H]1CC[C@H]2OC(=O)[C@H](F)[C@@H]12)OC1CCCCO1. The van der Waals surface area contributed by atoms with Crippen molar-refractivity contribution in [1.29, 1.82) is 0 Å². The van der Waals surface area contributed by atoms with Gasteiger partial charge in [0.05, 0.1) is 0 Å². The zero-order chi connectivity index (χ0) is 19.4. The van der Waals surface area contributed by atoms with Crippen molar-refractivity contribution in [2.24, 2.45) is 11.8 Å². The number of hydrogen-bond donors (Lipinski definition) is 0. The van der Waals surface area contributed by atoms with Crippen LogP contribution in [0.25, 0.3) is 0 Å². The summed E-state index contributed by atoms with van der Waals surface area (Å²) in [6.07, 6.45) is 6.75. The summed E-state index contributed by atoms with van der Waals surface area (Å²) < 4.78 is 46.3. The lowest BCUT2D eigenvalue weighted by Gasteiger charge is -2.33. The van der Waals surface area contributed by atoms with Crippen LogP contribution in [-0.2, 0) is 19.0 Å². The Morgan fingerprint density at radius 1 is 1.33 bits per heavy atom. The number of carbonyl (C=O) groups is 1. The molecule has 1 saturated carbocycles. The predicted molar refractivity (Wildman–Crippen MR) is 97.6 cm³/mol. The third kappa shape index (κ3) is 4.89. The number of hydrogen-bond acceptors (Lipinski definition) is 4. The molecule has 3 rings (SSSR count). The quantitative estimate of drug-likeness (QED) is 0.449. The summed E-state index contributed by atoms with van der Waals surface area (Å²) in [6, 6.07) is 0. The fourth-order valence-electron chi connectivity index (χ4n) is 4.43. The number of esters is 1. The molecule has 0 bridgehead atoms. The first-order valence-electron chi connectivity index (χ1n) is 10.4. The van der Waals surface area contributed by atoms with Gasteiger partial charge in [0.1, 0.15) is 17.9 Å². The number of carbonyl (C=O) groups excluding carboxylic acids is 1. The van der Waals surface area contributed by atoms with Crippen LogP contribution < -0.4 is 0 Å². The molecule has 154 valence electrons. The Bertz CT molecular complexity index is 530. The lowest BCUT2D eigenvalue weighted by molar-refractivity contribution is -0.201. The van der Waals surface area contributed by atoms with Crippen molar-refractivity contribution in [3.05, 3.63) is 12.2 Å².